The summed E-state index contributed by atoms with van der Waals surface area (Å²) in [5.74, 6) is 0.199. The summed E-state index contributed by atoms with van der Waals surface area (Å²) in [6.07, 6.45) is 35.2. The largest absolute Gasteiger partial charge is 1.00 e. The minimum Gasteiger partial charge on any atom is -0.726 e. The molecule has 218 valence electrons. The molecule has 1 atom stereocenters. The molecule has 0 bridgehead atoms. The monoisotopic (exact) mass is 554 g/mol. The Morgan fingerprint density at radius 1 is 0.486 bits per heavy atom. The summed E-state index contributed by atoms with van der Waals surface area (Å²) in [5.41, 5.74) is 0. The molecule has 4 nitrogen and oxygen atoms in total. The van der Waals surface area contributed by atoms with Gasteiger partial charge in [0.2, 0.25) is 10.4 Å². The van der Waals surface area contributed by atoms with Crippen molar-refractivity contribution in [2.45, 2.75) is 187 Å². The first-order valence-electron chi connectivity index (χ1n) is 16.1. The van der Waals surface area contributed by atoms with Gasteiger partial charge in [-0.15, -0.1) is 0 Å². The fourth-order valence-electron chi connectivity index (χ4n) is 5.22. The van der Waals surface area contributed by atoms with Crippen molar-refractivity contribution in [1.29, 1.82) is 0 Å². The Balaban J connectivity index is 0. The van der Waals surface area contributed by atoms with Crippen LogP contribution in [0, 0.1) is 5.92 Å². The van der Waals surface area contributed by atoms with E-state index in [1.807, 2.05) is 0 Å². The zero-order valence-electron chi connectivity index (χ0n) is 25.4. The molecule has 0 N–H and O–H groups in total. The van der Waals surface area contributed by atoms with E-state index >= 15 is 0 Å². The third-order valence-corrected chi connectivity index (χ3v) is 8.05. The summed E-state index contributed by atoms with van der Waals surface area (Å²) in [6.45, 7) is 4.60. The molecule has 1 unspecified atom stereocenters. The van der Waals surface area contributed by atoms with E-state index < -0.39 is 10.4 Å². The van der Waals surface area contributed by atoms with Crippen molar-refractivity contribution in [3.05, 3.63) is 0 Å². The fraction of sp³-hybridized carbons (Fsp3) is 1.00. The second-order valence-electron chi connectivity index (χ2n) is 11.3. The zero-order chi connectivity index (χ0) is 26.6. The normalized spacial score (nSPS) is 12.5. The van der Waals surface area contributed by atoms with E-state index in [1.165, 1.54) is 148 Å². The number of hydrogen-bond acceptors (Lipinski definition) is 4. The second kappa shape index (κ2) is 31.4. The Morgan fingerprint density at radius 2 is 0.730 bits per heavy atom. The SMILES string of the molecule is CCCCCCCCCCCCCCCCCC(CCCCCCCCCCCC)COS(=O)(=O)[O-].[Na+]. The van der Waals surface area contributed by atoms with Gasteiger partial charge < -0.3 is 4.55 Å². The molecule has 0 aromatic rings. The van der Waals surface area contributed by atoms with E-state index in [9.17, 15) is 13.0 Å². The standard InChI is InChI=1S/C31H64O4S.Na/c1-3-5-7-9-11-13-15-16-17-18-19-21-23-25-27-29-31(30-35-36(32,33)34)28-26-24-22-20-14-12-10-8-6-4-2;/h31H,3-30H2,1-2H3,(H,32,33,34);/q;+1/p-1. The maximum absolute atomic E-state index is 10.9. The molecule has 0 aliphatic rings. The van der Waals surface area contributed by atoms with Crippen molar-refractivity contribution in [3.63, 3.8) is 0 Å². The first-order valence-corrected chi connectivity index (χ1v) is 17.4. The molecule has 0 aliphatic heterocycles. The molecule has 0 spiro atoms. The smallest absolute Gasteiger partial charge is 0.726 e. The number of rotatable bonds is 30. The molecule has 0 aliphatic carbocycles. The predicted octanol–water partition coefficient (Wildman–Crippen LogP) is 7.66. The van der Waals surface area contributed by atoms with Crippen molar-refractivity contribution >= 4 is 10.4 Å². The molecule has 0 aromatic heterocycles. The van der Waals surface area contributed by atoms with Crippen LogP contribution in [0.15, 0.2) is 0 Å². The van der Waals surface area contributed by atoms with Gasteiger partial charge in [0, 0.05) is 0 Å². The Bertz CT molecular complexity index is 527. The van der Waals surface area contributed by atoms with Crippen molar-refractivity contribution in [1.82, 2.24) is 0 Å². The van der Waals surface area contributed by atoms with Gasteiger partial charge in [0.1, 0.15) is 0 Å². The van der Waals surface area contributed by atoms with Gasteiger partial charge in [-0.25, -0.2) is 8.42 Å². The Hall–Kier alpha value is 0.870. The summed E-state index contributed by atoms with van der Waals surface area (Å²) in [5, 5.41) is 0. The topological polar surface area (TPSA) is 66.4 Å². The Kier molecular flexibility index (Phi) is 34.0. The van der Waals surface area contributed by atoms with Gasteiger partial charge in [0.15, 0.2) is 0 Å². The van der Waals surface area contributed by atoms with Gasteiger partial charge in [-0.05, 0) is 18.8 Å². The summed E-state index contributed by atoms with van der Waals surface area (Å²) in [6, 6.07) is 0. The van der Waals surface area contributed by atoms with Crippen LogP contribution in [0.4, 0.5) is 0 Å². The van der Waals surface area contributed by atoms with Crippen LogP contribution in [0.2, 0.25) is 0 Å². The second-order valence-corrected chi connectivity index (χ2v) is 12.3. The number of hydrogen-bond donors (Lipinski definition) is 0. The first-order chi connectivity index (χ1) is 17.5. The van der Waals surface area contributed by atoms with Crippen molar-refractivity contribution in [2.24, 2.45) is 5.92 Å². The summed E-state index contributed by atoms with van der Waals surface area (Å²) in [4.78, 5) is 0. The molecule has 0 saturated carbocycles. The zero-order valence-corrected chi connectivity index (χ0v) is 28.2. The van der Waals surface area contributed by atoms with Crippen LogP contribution in [0.25, 0.3) is 0 Å². The molecular formula is C31H63NaO4S. The van der Waals surface area contributed by atoms with E-state index in [2.05, 4.69) is 18.0 Å². The third kappa shape index (κ3) is 34.8. The average molecular weight is 555 g/mol. The molecule has 0 fully saturated rings. The quantitative estimate of drug-likeness (QED) is 0.0396. The predicted molar refractivity (Wildman–Crippen MR) is 155 cm³/mol. The Morgan fingerprint density at radius 3 is 0.973 bits per heavy atom. The van der Waals surface area contributed by atoms with Crippen molar-refractivity contribution in [3.8, 4) is 0 Å². The fourth-order valence-corrected chi connectivity index (χ4v) is 5.57. The van der Waals surface area contributed by atoms with Crippen LogP contribution in [-0.4, -0.2) is 19.6 Å². The molecule has 6 heteroatoms. The van der Waals surface area contributed by atoms with Gasteiger partial charge in [0.25, 0.3) is 0 Å². The van der Waals surface area contributed by atoms with Gasteiger partial charge in [-0.3, -0.25) is 4.18 Å². The molecule has 0 saturated heterocycles. The first kappa shape index (κ1) is 40.0. The van der Waals surface area contributed by atoms with E-state index in [0.29, 0.717) is 0 Å². The molecule has 0 amide bonds. The molecule has 0 heterocycles. The summed E-state index contributed by atoms with van der Waals surface area (Å²) < 4.78 is 37.4. The van der Waals surface area contributed by atoms with Crippen LogP contribution < -0.4 is 29.6 Å². The average Bonchev–Trinajstić information content (AvgIpc) is 2.84. The molecule has 0 aromatic carbocycles. The van der Waals surface area contributed by atoms with Gasteiger partial charge >= 0.3 is 29.6 Å². The van der Waals surface area contributed by atoms with Gasteiger partial charge in [-0.2, -0.15) is 0 Å². The minimum absolute atomic E-state index is 0. The number of unbranched alkanes of at least 4 members (excludes halogenated alkanes) is 23. The van der Waals surface area contributed by atoms with Crippen LogP contribution >= 0.6 is 0 Å². The summed E-state index contributed by atoms with van der Waals surface area (Å²) in [7, 11) is -4.58. The third-order valence-electron chi connectivity index (χ3n) is 7.63. The van der Waals surface area contributed by atoms with Gasteiger partial charge in [-0.1, -0.05) is 174 Å². The van der Waals surface area contributed by atoms with Crippen molar-refractivity contribution < 1.29 is 46.7 Å². The van der Waals surface area contributed by atoms with Crippen LogP contribution in [0.5, 0.6) is 0 Å². The maximum Gasteiger partial charge on any atom is 1.00 e. The van der Waals surface area contributed by atoms with E-state index in [-0.39, 0.29) is 42.1 Å². The minimum atomic E-state index is -4.58. The van der Waals surface area contributed by atoms with E-state index in [0.717, 1.165) is 25.7 Å². The Labute approximate surface area is 255 Å². The summed E-state index contributed by atoms with van der Waals surface area (Å²) >= 11 is 0. The molecule has 0 radical (unpaired) electrons. The van der Waals surface area contributed by atoms with Crippen LogP contribution in [0.3, 0.4) is 0 Å². The van der Waals surface area contributed by atoms with Gasteiger partial charge in [0.05, 0.1) is 6.61 Å². The van der Waals surface area contributed by atoms with Crippen LogP contribution in [-0.2, 0) is 14.6 Å². The molecule has 37 heavy (non-hydrogen) atoms. The van der Waals surface area contributed by atoms with Crippen LogP contribution in [0.1, 0.15) is 187 Å². The van der Waals surface area contributed by atoms with Crippen molar-refractivity contribution in [2.75, 3.05) is 6.61 Å². The molecular weight excluding hydrogens is 491 g/mol. The molecule has 0 rings (SSSR count). The van der Waals surface area contributed by atoms with E-state index in [1.54, 1.807) is 0 Å². The van der Waals surface area contributed by atoms with E-state index in [4.69, 9.17) is 0 Å². The maximum atomic E-state index is 10.9.